The molecule has 0 unspecified atom stereocenters. The Morgan fingerprint density at radius 3 is 2.64 bits per heavy atom. The van der Waals surface area contributed by atoms with Gasteiger partial charge >= 0.3 is 74.0 Å². The van der Waals surface area contributed by atoms with Gasteiger partial charge in [0.05, 0.1) is 0 Å². The number of hydrogen-bond donors (Lipinski definition) is 0. The van der Waals surface area contributed by atoms with Gasteiger partial charge in [-0.25, -0.2) is 0 Å². The van der Waals surface area contributed by atoms with Crippen LogP contribution in [-0.4, -0.2) is 14.5 Å². The third kappa shape index (κ3) is 1.77. The Bertz CT molecular complexity index is 195. The van der Waals surface area contributed by atoms with Gasteiger partial charge in [0.1, 0.15) is 0 Å². The van der Waals surface area contributed by atoms with Crippen LogP contribution in [0.4, 0.5) is 0 Å². The molecule has 0 saturated heterocycles. The average molecular weight is 213 g/mol. The fourth-order valence-corrected chi connectivity index (χ4v) is 3.80. The van der Waals surface area contributed by atoms with E-state index in [1.54, 1.807) is 4.44 Å². The molecule has 0 aromatic carbocycles. The van der Waals surface area contributed by atoms with Crippen LogP contribution in [0.3, 0.4) is 0 Å². The van der Waals surface area contributed by atoms with Crippen molar-refractivity contribution in [1.82, 2.24) is 0 Å². The molecule has 1 heterocycles. The molecule has 60 valence electrons. The molecule has 1 aromatic heterocycles. The van der Waals surface area contributed by atoms with Crippen LogP contribution in [0.5, 0.6) is 0 Å². The third-order valence-electron chi connectivity index (χ3n) is 2.55. The Kier molecular flexibility index (Phi) is 2.50. The van der Waals surface area contributed by atoms with Crippen LogP contribution in [0.1, 0.15) is 42.5 Å². The molecule has 0 spiro atoms. The molecule has 1 saturated carbocycles. The quantitative estimate of drug-likeness (QED) is 0.629. The third-order valence-corrected chi connectivity index (χ3v) is 4.72. The second kappa shape index (κ2) is 3.60. The zero-order valence-electron chi connectivity index (χ0n) is 6.75. The molecule has 0 aliphatic heterocycles. The van der Waals surface area contributed by atoms with E-state index in [2.05, 4.69) is 17.1 Å². The summed E-state index contributed by atoms with van der Waals surface area (Å²) in [6.45, 7) is 0. The summed E-state index contributed by atoms with van der Waals surface area (Å²) in [4.78, 5) is 2.34. The minimum atomic E-state index is 0.724. The summed E-state index contributed by atoms with van der Waals surface area (Å²) in [5.41, 5.74) is 0. The second-order valence-corrected chi connectivity index (χ2v) is 5.40. The predicted octanol–water partition coefficient (Wildman–Crippen LogP) is 2.79. The van der Waals surface area contributed by atoms with Crippen molar-refractivity contribution >= 4 is 14.5 Å². The maximum absolute atomic E-state index is 2.36. The van der Waals surface area contributed by atoms with Crippen LogP contribution in [0, 0.1) is 0 Å². The minimum absolute atomic E-state index is 0.724. The van der Waals surface area contributed by atoms with Crippen LogP contribution < -0.4 is 0 Å². The van der Waals surface area contributed by atoms with Crippen LogP contribution in [-0.2, 0) is 0 Å². The Labute approximate surface area is 74.4 Å². The fraction of sp³-hybridized carbons (Fsp3) is 0.600. The molecule has 2 rings (SSSR count). The summed E-state index contributed by atoms with van der Waals surface area (Å²) < 4.78 is 1.76. The van der Waals surface area contributed by atoms with Gasteiger partial charge in [0.25, 0.3) is 0 Å². The van der Waals surface area contributed by atoms with Gasteiger partial charge in [-0.05, 0) is 0 Å². The van der Waals surface area contributed by atoms with E-state index in [1.165, 1.54) is 32.1 Å². The van der Waals surface area contributed by atoms with Crippen LogP contribution >= 0.6 is 0 Å². The van der Waals surface area contributed by atoms with E-state index in [1.807, 2.05) is 0 Å². The van der Waals surface area contributed by atoms with Gasteiger partial charge in [-0.15, -0.1) is 0 Å². The average Bonchev–Trinajstić information content (AvgIpc) is 2.58. The van der Waals surface area contributed by atoms with E-state index in [4.69, 9.17) is 0 Å². The first-order valence-electron chi connectivity index (χ1n) is 4.50. The van der Waals surface area contributed by atoms with Gasteiger partial charge < -0.3 is 0 Å². The van der Waals surface area contributed by atoms with E-state index < -0.39 is 0 Å². The van der Waals surface area contributed by atoms with Crippen molar-refractivity contribution in [2.45, 2.75) is 38.0 Å². The number of rotatable bonds is 1. The van der Waals surface area contributed by atoms with Crippen molar-refractivity contribution in [3.05, 3.63) is 21.5 Å². The van der Waals surface area contributed by atoms with Gasteiger partial charge in [0, 0.05) is 0 Å². The Morgan fingerprint density at radius 1 is 1.18 bits per heavy atom. The molecule has 0 nitrogen and oxygen atoms in total. The van der Waals surface area contributed by atoms with Crippen molar-refractivity contribution in [3.63, 3.8) is 0 Å². The molecule has 1 aliphatic rings. The Balaban J connectivity index is 2.04. The molecule has 0 radical (unpaired) electrons. The van der Waals surface area contributed by atoms with E-state index in [0.29, 0.717) is 0 Å². The van der Waals surface area contributed by atoms with Crippen LogP contribution in [0.25, 0.3) is 0 Å². The first kappa shape index (κ1) is 7.64. The Hall–Kier alpha value is -0.000519. The SMILES string of the molecule is c1c[se]c(C2CCCCC2)c1. The Morgan fingerprint density at radius 2 is 2.00 bits per heavy atom. The summed E-state index contributed by atoms with van der Waals surface area (Å²) in [6.07, 6.45) is 7.35. The fourth-order valence-electron chi connectivity index (χ4n) is 1.91. The van der Waals surface area contributed by atoms with E-state index in [0.717, 1.165) is 20.4 Å². The number of hydrogen-bond acceptors (Lipinski definition) is 0. The molecule has 0 bridgehead atoms. The summed E-state index contributed by atoms with van der Waals surface area (Å²) in [6, 6.07) is 4.60. The first-order valence-corrected chi connectivity index (χ1v) is 6.35. The maximum atomic E-state index is 2.36. The topological polar surface area (TPSA) is 0 Å². The van der Waals surface area contributed by atoms with Gasteiger partial charge in [0.2, 0.25) is 0 Å². The normalized spacial score (nSPS) is 20.4. The zero-order valence-corrected chi connectivity index (χ0v) is 8.47. The molecule has 0 atom stereocenters. The van der Waals surface area contributed by atoms with Gasteiger partial charge in [0.15, 0.2) is 0 Å². The van der Waals surface area contributed by atoms with Crippen molar-refractivity contribution < 1.29 is 0 Å². The van der Waals surface area contributed by atoms with E-state index in [-0.39, 0.29) is 0 Å². The van der Waals surface area contributed by atoms with Crippen LogP contribution in [0.15, 0.2) is 17.1 Å². The van der Waals surface area contributed by atoms with Crippen molar-refractivity contribution in [3.8, 4) is 0 Å². The second-order valence-electron chi connectivity index (χ2n) is 3.35. The van der Waals surface area contributed by atoms with Crippen LogP contribution in [0.2, 0.25) is 0 Å². The molecule has 11 heavy (non-hydrogen) atoms. The summed E-state index contributed by atoms with van der Waals surface area (Å²) in [5.74, 6) is 0.971. The standard InChI is InChI=1S/C10H14Se/c1-2-5-9(6-3-1)10-7-4-8-11-10/h4,7-9H,1-3,5-6H2. The van der Waals surface area contributed by atoms with Crippen molar-refractivity contribution in [2.75, 3.05) is 0 Å². The monoisotopic (exact) mass is 214 g/mol. The van der Waals surface area contributed by atoms with E-state index >= 15 is 0 Å². The molecule has 0 N–H and O–H groups in total. The van der Waals surface area contributed by atoms with Gasteiger partial charge in [-0.1, -0.05) is 0 Å². The predicted molar refractivity (Wildman–Crippen MR) is 49.2 cm³/mol. The molecule has 1 heteroatoms. The summed E-state index contributed by atoms with van der Waals surface area (Å²) in [5, 5.41) is 0. The molecule has 1 fully saturated rings. The molecule has 1 aromatic rings. The van der Waals surface area contributed by atoms with Crippen molar-refractivity contribution in [1.29, 1.82) is 0 Å². The van der Waals surface area contributed by atoms with Gasteiger partial charge in [-0.3, -0.25) is 0 Å². The molecule has 0 amide bonds. The zero-order chi connectivity index (χ0) is 7.52. The molecular formula is C10H14Se. The van der Waals surface area contributed by atoms with Crippen molar-refractivity contribution in [2.24, 2.45) is 0 Å². The van der Waals surface area contributed by atoms with E-state index in [9.17, 15) is 0 Å². The van der Waals surface area contributed by atoms with Gasteiger partial charge in [-0.2, -0.15) is 0 Å². The summed E-state index contributed by atoms with van der Waals surface area (Å²) >= 11 is 0.724. The first-order chi connectivity index (χ1) is 5.47. The molecule has 1 aliphatic carbocycles. The summed E-state index contributed by atoms with van der Waals surface area (Å²) in [7, 11) is 0. The molecular weight excluding hydrogens is 199 g/mol.